The molecule has 0 saturated carbocycles. The number of allylic oxidation sites excluding steroid dienone is 4. The van der Waals surface area contributed by atoms with E-state index in [0.717, 1.165) is 22.3 Å². The molecular weight excluding hydrogens is 532 g/mol. The smallest absolute Gasteiger partial charge is 0.186 e. The van der Waals surface area contributed by atoms with Gasteiger partial charge >= 0.3 is 0 Å². The summed E-state index contributed by atoms with van der Waals surface area (Å²) >= 11 is 0. The van der Waals surface area contributed by atoms with E-state index in [0.29, 0.717) is 59.4 Å². The highest BCUT2D eigenvalue weighted by Crippen LogP contribution is 2.38. The summed E-state index contributed by atoms with van der Waals surface area (Å²) in [6.07, 6.45) is 5.48. The topological polar surface area (TPSA) is 103 Å². The lowest BCUT2D eigenvalue weighted by atomic mass is 9.93. The van der Waals surface area contributed by atoms with Gasteiger partial charge in [-0.05, 0) is 74.0 Å². The molecule has 1 aromatic heterocycles. The normalized spacial score (nSPS) is 12.8. The molecular formula is C33H32N4O5. The van der Waals surface area contributed by atoms with Crippen LogP contribution in [0.15, 0.2) is 79.2 Å². The quantitative estimate of drug-likeness (QED) is 0.174. The van der Waals surface area contributed by atoms with Gasteiger partial charge in [0, 0.05) is 53.3 Å². The van der Waals surface area contributed by atoms with E-state index in [2.05, 4.69) is 26.3 Å². The van der Waals surface area contributed by atoms with Gasteiger partial charge in [0.2, 0.25) is 0 Å². The van der Waals surface area contributed by atoms with Crippen LogP contribution in [0.4, 0.5) is 22.9 Å². The molecule has 0 unspecified atom stereocenters. The highest BCUT2D eigenvalue weighted by atomic mass is 16.5. The molecule has 42 heavy (non-hydrogen) atoms. The number of nitrogens with zero attached hydrogens (tertiary/aromatic N) is 3. The first-order valence-corrected chi connectivity index (χ1v) is 13.6. The van der Waals surface area contributed by atoms with Crippen molar-refractivity contribution in [3.8, 4) is 11.5 Å². The van der Waals surface area contributed by atoms with Crippen molar-refractivity contribution >= 4 is 50.9 Å². The number of ether oxygens (including phenoxy) is 3. The third-order valence-corrected chi connectivity index (χ3v) is 6.89. The zero-order valence-electron chi connectivity index (χ0n) is 24.0. The zero-order chi connectivity index (χ0) is 29.6. The maximum absolute atomic E-state index is 13.0. The van der Waals surface area contributed by atoms with Crippen molar-refractivity contribution in [3.05, 3.63) is 90.3 Å². The third kappa shape index (κ3) is 6.01. The highest BCUT2D eigenvalue weighted by molar-refractivity contribution is 6.34. The van der Waals surface area contributed by atoms with Gasteiger partial charge in [-0.3, -0.25) is 9.59 Å². The van der Waals surface area contributed by atoms with Crippen LogP contribution in [0.2, 0.25) is 0 Å². The summed E-state index contributed by atoms with van der Waals surface area (Å²) in [6.45, 7) is 5.55. The fourth-order valence-corrected chi connectivity index (χ4v) is 4.88. The van der Waals surface area contributed by atoms with E-state index in [4.69, 9.17) is 14.2 Å². The second kappa shape index (κ2) is 12.7. The van der Waals surface area contributed by atoms with Crippen molar-refractivity contribution in [1.82, 2.24) is 9.97 Å². The summed E-state index contributed by atoms with van der Waals surface area (Å²) in [5.74, 6) is 1.17. The molecule has 0 saturated heterocycles. The van der Waals surface area contributed by atoms with Gasteiger partial charge in [0.1, 0.15) is 18.8 Å². The molecule has 214 valence electrons. The van der Waals surface area contributed by atoms with Crippen LogP contribution in [-0.4, -0.2) is 55.5 Å². The number of rotatable bonds is 11. The lowest BCUT2D eigenvalue weighted by Crippen LogP contribution is -2.19. The van der Waals surface area contributed by atoms with Gasteiger partial charge in [-0.15, -0.1) is 0 Å². The second-order valence-corrected chi connectivity index (χ2v) is 9.68. The standard InChI is InChI=1S/C33H32N4O5/c1-5-37(23-8-6-7-21(2)15-23)29-11-9-22(16-25(29)26-17-24(38)10-12-30(26)39)36-33-27-18-31(41-4)32(42-14-13-40-3)19-28(27)34-20-35-33/h6-12,15-20H,5,13-14H2,1-4H3,(H,34,35,36). The largest absolute Gasteiger partial charge is 0.493 e. The molecule has 4 aromatic rings. The molecule has 9 heteroatoms. The van der Waals surface area contributed by atoms with E-state index >= 15 is 0 Å². The number of hydrogen-bond donors (Lipinski definition) is 1. The lowest BCUT2D eigenvalue weighted by Gasteiger charge is -2.27. The van der Waals surface area contributed by atoms with E-state index in [9.17, 15) is 9.59 Å². The second-order valence-electron chi connectivity index (χ2n) is 9.68. The third-order valence-electron chi connectivity index (χ3n) is 6.89. The summed E-state index contributed by atoms with van der Waals surface area (Å²) < 4.78 is 16.5. The Hall–Kier alpha value is -5.02. The van der Waals surface area contributed by atoms with E-state index in [1.54, 1.807) is 20.3 Å². The van der Waals surface area contributed by atoms with Crippen LogP contribution in [0.1, 0.15) is 18.1 Å². The molecule has 3 aromatic carbocycles. The van der Waals surface area contributed by atoms with E-state index < -0.39 is 0 Å². The molecule has 1 N–H and O–H groups in total. The monoisotopic (exact) mass is 564 g/mol. The Morgan fingerprint density at radius 2 is 1.79 bits per heavy atom. The molecule has 1 aliphatic carbocycles. The van der Waals surface area contributed by atoms with E-state index in [1.165, 1.54) is 24.6 Å². The van der Waals surface area contributed by atoms with Gasteiger partial charge in [0.05, 0.1) is 19.2 Å². The minimum atomic E-state index is -0.232. The molecule has 0 amide bonds. The van der Waals surface area contributed by atoms with Crippen LogP contribution in [-0.2, 0) is 14.3 Å². The van der Waals surface area contributed by atoms with Crippen LogP contribution in [0.5, 0.6) is 11.5 Å². The Balaban J connectivity index is 1.58. The molecule has 0 atom stereocenters. The van der Waals surface area contributed by atoms with Gasteiger partial charge < -0.3 is 24.4 Å². The number of nitrogens with one attached hydrogen (secondary N) is 1. The number of anilines is 4. The number of aromatic nitrogens is 2. The van der Waals surface area contributed by atoms with Gasteiger partial charge in [-0.25, -0.2) is 9.97 Å². The molecule has 0 bridgehead atoms. The number of ketones is 2. The fourth-order valence-electron chi connectivity index (χ4n) is 4.88. The van der Waals surface area contributed by atoms with Crippen LogP contribution >= 0.6 is 0 Å². The van der Waals surface area contributed by atoms with Crippen LogP contribution in [0, 0.1) is 6.92 Å². The van der Waals surface area contributed by atoms with Crippen molar-refractivity contribution in [3.63, 3.8) is 0 Å². The number of carbonyl (C=O) groups is 2. The number of benzene rings is 3. The van der Waals surface area contributed by atoms with Crippen LogP contribution in [0.3, 0.4) is 0 Å². The molecule has 1 heterocycles. The maximum atomic E-state index is 13.0. The van der Waals surface area contributed by atoms with Gasteiger partial charge in [0.15, 0.2) is 23.1 Å². The van der Waals surface area contributed by atoms with Crippen molar-refractivity contribution < 1.29 is 23.8 Å². The zero-order valence-corrected chi connectivity index (χ0v) is 24.0. The molecule has 0 radical (unpaired) electrons. The first kappa shape index (κ1) is 28.5. The Kier molecular flexibility index (Phi) is 8.59. The number of hydrogen-bond acceptors (Lipinski definition) is 9. The average Bonchev–Trinajstić information content (AvgIpc) is 2.99. The maximum Gasteiger partial charge on any atom is 0.186 e. The SMILES string of the molecule is CCN(c1cccc(C)c1)c1ccc(Nc2ncnc3cc(OCCOC)c(OC)cc23)cc1C1=CC(=O)C=CC1=O. The average molecular weight is 565 g/mol. The van der Waals surface area contributed by atoms with Crippen molar-refractivity contribution in [1.29, 1.82) is 0 Å². The summed E-state index contributed by atoms with van der Waals surface area (Å²) in [4.78, 5) is 36.4. The predicted octanol–water partition coefficient (Wildman–Crippen LogP) is 5.97. The fraction of sp³-hybridized carbons (Fsp3) is 0.212. The molecule has 0 spiro atoms. The molecule has 9 nitrogen and oxygen atoms in total. The summed E-state index contributed by atoms with van der Waals surface area (Å²) in [5.41, 5.74) is 5.23. The first-order chi connectivity index (χ1) is 20.4. The summed E-state index contributed by atoms with van der Waals surface area (Å²) in [7, 11) is 3.19. The van der Waals surface area contributed by atoms with Crippen molar-refractivity contribution in [2.45, 2.75) is 13.8 Å². The van der Waals surface area contributed by atoms with Gasteiger partial charge in [-0.2, -0.15) is 0 Å². The lowest BCUT2D eigenvalue weighted by molar-refractivity contribution is -0.113. The van der Waals surface area contributed by atoms with Crippen LogP contribution in [0.25, 0.3) is 16.5 Å². The van der Waals surface area contributed by atoms with Crippen LogP contribution < -0.4 is 19.7 Å². The van der Waals surface area contributed by atoms with Gasteiger partial charge in [0.25, 0.3) is 0 Å². The van der Waals surface area contributed by atoms with Crippen molar-refractivity contribution in [2.75, 3.05) is 44.2 Å². The Morgan fingerprint density at radius 1 is 0.929 bits per heavy atom. The molecule has 0 aliphatic heterocycles. The predicted molar refractivity (Wildman–Crippen MR) is 164 cm³/mol. The Bertz CT molecular complexity index is 1710. The number of fused-ring (bicyclic) bond motifs is 1. The Labute approximate surface area is 244 Å². The van der Waals surface area contributed by atoms with E-state index in [-0.39, 0.29) is 11.6 Å². The minimum absolute atomic E-state index is 0.230. The summed E-state index contributed by atoms with van der Waals surface area (Å²) in [6, 6.07) is 17.5. The summed E-state index contributed by atoms with van der Waals surface area (Å²) in [5, 5.41) is 4.10. The Morgan fingerprint density at radius 3 is 2.55 bits per heavy atom. The van der Waals surface area contributed by atoms with Gasteiger partial charge in [-0.1, -0.05) is 12.1 Å². The van der Waals surface area contributed by atoms with E-state index in [1.807, 2.05) is 56.3 Å². The number of methoxy groups -OCH3 is 2. The molecule has 0 fully saturated rings. The molecule has 1 aliphatic rings. The molecule has 5 rings (SSSR count). The first-order valence-electron chi connectivity index (χ1n) is 13.6. The number of aryl methyl sites for hydroxylation is 1. The van der Waals surface area contributed by atoms with Crippen molar-refractivity contribution in [2.24, 2.45) is 0 Å². The highest BCUT2D eigenvalue weighted by Gasteiger charge is 2.22. The number of carbonyl (C=O) groups excluding carboxylic acids is 2. The minimum Gasteiger partial charge on any atom is -0.493 e.